The van der Waals surface area contributed by atoms with Gasteiger partial charge in [-0.1, -0.05) is 0 Å². The molecule has 8 heteroatoms. The molecule has 0 saturated carbocycles. The SMILES string of the molecule is CC(CC(=O)O)Nc1ccc2scnc2c1[N+](=O)[O-]. The fourth-order valence-corrected chi connectivity index (χ4v) is 2.48. The quantitative estimate of drug-likeness (QED) is 0.644. The zero-order valence-electron chi connectivity index (χ0n) is 9.99. The van der Waals surface area contributed by atoms with Crippen LogP contribution in [0, 0.1) is 10.1 Å². The summed E-state index contributed by atoms with van der Waals surface area (Å²) in [5.41, 5.74) is 2.04. The Kier molecular flexibility index (Phi) is 3.61. The van der Waals surface area contributed by atoms with Gasteiger partial charge in [-0.2, -0.15) is 0 Å². The van der Waals surface area contributed by atoms with Crippen molar-refractivity contribution in [2.75, 3.05) is 5.32 Å². The molecule has 0 aliphatic heterocycles. The predicted octanol–water partition coefficient (Wildman–Crippen LogP) is 2.48. The number of anilines is 1. The maximum Gasteiger partial charge on any atom is 0.319 e. The molecule has 1 unspecified atom stereocenters. The third-order valence-electron chi connectivity index (χ3n) is 2.54. The summed E-state index contributed by atoms with van der Waals surface area (Å²) in [6, 6.07) is 2.90. The summed E-state index contributed by atoms with van der Waals surface area (Å²) in [6.45, 7) is 1.66. The average molecular weight is 281 g/mol. The number of benzene rings is 1. The maximum atomic E-state index is 11.2. The van der Waals surface area contributed by atoms with Gasteiger partial charge < -0.3 is 10.4 Å². The molecule has 1 heterocycles. The van der Waals surface area contributed by atoms with Gasteiger partial charge in [0.05, 0.1) is 21.6 Å². The lowest BCUT2D eigenvalue weighted by molar-refractivity contribution is -0.382. The molecule has 100 valence electrons. The van der Waals surface area contributed by atoms with E-state index in [1.807, 2.05) is 0 Å². The Balaban J connectivity index is 2.39. The van der Waals surface area contributed by atoms with Crippen LogP contribution in [-0.2, 0) is 4.79 Å². The molecule has 0 fully saturated rings. The standard InChI is InChI=1S/C11H11N3O4S/c1-6(4-9(15)16)13-7-2-3-8-10(12-5-19-8)11(7)14(17)18/h2-3,5-6,13H,4H2,1H3,(H,15,16). The molecular weight excluding hydrogens is 270 g/mol. The number of rotatable bonds is 5. The molecule has 19 heavy (non-hydrogen) atoms. The van der Waals surface area contributed by atoms with Gasteiger partial charge >= 0.3 is 11.7 Å². The van der Waals surface area contributed by atoms with E-state index in [2.05, 4.69) is 10.3 Å². The first-order chi connectivity index (χ1) is 8.99. The largest absolute Gasteiger partial charge is 0.481 e. The number of aromatic nitrogens is 1. The minimum atomic E-state index is -0.961. The van der Waals surface area contributed by atoms with Crippen LogP contribution in [0.2, 0.25) is 0 Å². The molecule has 0 spiro atoms. The van der Waals surface area contributed by atoms with Crippen molar-refractivity contribution in [1.29, 1.82) is 0 Å². The summed E-state index contributed by atoms with van der Waals surface area (Å²) in [5.74, 6) is -0.961. The van der Waals surface area contributed by atoms with Gasteiger partial charge in [0.25, 0.3) is 0 Å². The van der Waals surface area contributed by atoms with Gasteiger partial charge in [0.15, 0.2) is 5.52 Å². The molecule has 1 aromatic heterocycles. The number of fused-ring (bicyclic) bond motifs is 1. The number of nitrogens with zero attached hydrogens (tertiary/aromatic N) is 2. The van der Waals surface area contributed by atoms with E-state index < -0.39 is 16.9 Å². The van der Waals surface area contributed by atoms with Crippen molar-refractivity contribution in [1.82, 2.24) is 4.98 Å². The number of thiazole rings is 1. The van der Waals surface area contributed by atoms with Crippen molar-refractivity contribution < 1.29 is 14.8 Å². The van der Waals surface area contributed by atoms with Crippen LogP contribution in [0.1, 0.15) is 13.3 Å². The Hall–Kier alpha value is -2.22. The average Bonchev–Trinajstić information content (AvgIpc) is 2.74. The molecule has 0 amide bonds. The summed E-state index contributed by atoms with van der Waals surface area (Å²) in [4.78, 5) is 25.2. The lowest BCUT2D eigenvalue weighted by atomic mass is 10.2. The third-order valence-corrected chi connectivity index (χ3v) is 3.34. The van der Waals surface area contributed by atoms with Crippen LogP contribution in [0.4, 0.5) is 11.4 Å². The molecule has 2 aromatic rings. The monoisotopic (exact) mass is 281 g/mol. The number of hydrogen-bond donors (Lipinski definition) is 2. The minimum Gasteiger partial charge on any atom is -0.481 e. The molecule has 1 aromatic carbocycles. The fourth-order valence-electron chi connectivity index (χ4n) is 1.80. The number of hydrogen-bond acceptors (Lipinski definition) is 6. The first-order valence-electron chi connectivity index (χ1n) is 5.48. The number of aliphatic carboxylic acids is 1. The third kappa shape index (κ3) is 2.79. The number of carboxylic acids is 1. The van der Waals surface area contributed by atoms with Crippen molar-refractivity contribution in [2.24, 2.45) is 0 Å². The number of nitro benzene ring substituents is 1. The van der Waals surface area contributed by atoms with E-state index in [-0.39, 0.29) is 17.8 Å². The fraction of sp³-hybridized carbons (Fsp3) is 0.273. The molecule has 2 rings (SSSR count). The zero-order valence-corrected chi connectivity index (χ0v) is 10.8. The van der Waals surface area contributed by atoms with E-state index in [4.69, 9.17) is 5.11 Å². The van der Waals surface area contributed by atoms with Gasteiger partial charge in [-0.3, -0.25) is 14.9 Å². The van der Waals surface area contributed by atoms with Crippen molar-refractivity contribution >= 4 is 38.9 Å². The number of carbonyl (C=O) groups is 1. The first-order valence-corrected chi connectivity index (χ1v) is 6.36. The molecule has 0 aliphatic carbocycles. The van der Waals surface area contributed by atoms with E-state index in [0.29, 0.717) is 5.52 Å². The molecule has 0 radical (unpaired) electrons. The normalized spacial score (nSPS) is 12.3. The second kappa shape index (κ2) is 5.19. The van der Waals surface area contributed by atoms with Crippen molar-refractivity contribution in [2.45, 2.75) is 19.4 Å². The molecule has 2 N–H and O–H groups in total. The molecule has 0 saturated heterocycles. The zero-order chi connectivity index (χ0) is 14.0. The highest BCUT2D eigenvalue weighted by Crippen LogP contribution is 2.34. The Labute approximate surface area is 112 Å². The highest BCUT2D eigenvalue weighted by Gasteiger charge is 2.22. The van der Waals surface area contributed by atoms with Gasteiger partial charge in [0, 0.05) is 6.04 Å². The summed E-state index contributed by atoms with van der Waals surface area (Å²) in [5, 5.41) is 22.7. The predicted molar refractivity (Wildman–Crippen MR) is 71.6 cm³/mol. The van der Waals surface area contributed by atoms with E-state index in [1.165, 1.54) is 11.3 Å². The topological polar surface area (TPSA) is 105 Å². The molecule has 1 atom stereocenters. The van der Waals surface area contributed by atoms with E-state index >= 15 is 0 Å². The van der Waals surface area contributed by atoms with Crippen LogP contribution in [0.25, 0.3) is 10.2 Å². The maximum absolute atomic E-state index is 11.2. The van der Waals surface area contributed by atoms with Crippen LogP contribution in [0.5, 0.6) is 0 Å². The van der Waals surface area contributed by atoms with Crippen molar-refractivity contribution in [3.05, 3.63) is 27.8 Å². The van der Waals surface area contributed by atoms with Gasteiger partial charge in [0.2, 0.25) is 0 Å². The van der Waals surface area contributed by atoms with E-state index in [0.717, 1.165) is 4.70 Å². The van der Waals surface area contributed by atoms with Gasteiger partial charge in [-0.25, -0.2) is 4.98 Å². The van der Waals surface area contributed by atoms with Gasteiger partial charge in [-0.05, 0) is 19.1 Å². The molecule has 7 nitrogen and oxygen atoms in total. The van der Waals surface area contributed by atoms with Crippen LogP contribution < -0.4 is 5.32 Å². The lowest BCUT2D eigenvalue weighted by Gasteiger charge is -2.13. The second-order valence-electron chi connectivity index (χ2n) is 4.06. The number of nitro groups is 1. The van der Waals surface area contributed by atoms with Gasteiger partial charge in [-0.15, -0.1) is 11.3 Å². The Morgan fingerprint density at radius 3 is 3.00 bits per heavy atom. The second-order valence-corrected chi connectivity index (χ2v) is 4.95. The summed E-state index contributed by atoms with van der Waals surface area (Å²) < 4.78 is 0.725. The highest BCUT2D eigenvalue weighted by atomic mass is 32.1. The van der Waals surface area contributed by atoms with Crippen LogP contribution in [0.3, 0.4) is 0 Å². The van der Waals surface area contributed by atoms with Crippen molar-refractivity contribution in [3.63, 3.8) is 0 Å². The van der Waals surface area contributed by atoms with E-state index in [1.54, 1.807) is 24.6 Å². The smallest absolute Gasteiger partial charge is 0.319 e. The minimum absolute atomic E-state index is 0.115. The molecule has 0 bridgehead atoms. The Morgan fingerprint density at radius 1 is 1.63 bits per heavy atom. The van der Waals surface area contributed by atoms with Crippen LogP contribution in [0.15, 0.2) is 17.6 Å². The van der Waals surface area contributed by atoms with Gasteiger partial charge in [0.1, 0.15) is 5.69 Å². The molecular formula is C11H11N3O4S. The number of carboxylic acid groups (broad SMARTS) is 1. The van der Waals surface area contributed by atoms with Crippen molar-refractivity contribution in [3.8, 4) is 0 Å². The number of nitrogens with one attached hydrogen (secondary N) is 1. The summed E-state index contributed by atoms with van der Waals surface area (Å²) >= 11 is 1.32. The summed E-state index contributed by atoms with van der Waals surface area (Å²) in [7, 11) is 0. The Morgan fingerprint density at radius 2 is 2.37 bits per heavy atom. The lowest BCUT2D eigenvalue weighted by Crippen LogP contribution is -2.19. The molecule has 0 aliphatic rings. The first kappa shape index (κ1) is 13.2. The van der Waals surface area contributed by atoms with E-state index in [9.17, 15) is 14.9 Å². The van der Waals surface area contributed by atoms with Crippen LogP contribution in [-0.4, -0.2) is 27.0 Å². The summed E-state index contributed by atoms with van der Waals surface area (Å²) in [6.07, 6.45) is -0.119. The Bertz CT molecular complexity index is 640. The van der Waals surface area contributed by atoms with Crippen LogP contribution >= 0.6 is 11.3 Å². The highest BCUT2D eigenvalue weighted by molar-refractivity contribution is 7.16.